The van der Waals surface area contributed by atoms with Crippen molar-refractivity contribution in [3.63, 3.8) is 0 Å². The number of hydrogen-bond donors (Lipinski definition) is 1. The number of aromatic hydroxyl groups is 1. The van der Waals surface area contributed by atoms with Crippen molar-refractivity contribution in [2.45, 2.75) is 0 Å². The van der Waals surface area contributed by atoms with E-state index in [9.17, 15) is 9.90 Å². The number of hydrogen-bond acceptors (Lipinski definition) is 2. The molecule has 1 N–H and O–H groups in total. The molecule has 3 aromatic rings. The molecule has 19 heavy (non-hydrogen) atoms. The van der Waals surface area contributed by atoms with Crippen molar-refractivity contribution < 1.29 is 5.11 Å². The van der Waals surface area contributed by atoms with Crippen LogP contribution < -0.4 is 5.56 Å². The second kappa shape index (κ2) is 4.28. The van der Waals surface area contributed by atoms with Gasteiger partial charge in [-0.15, -0.1) is 0 Å². The Morgan fingerprint density at radius 2 is 1.74 bits per heavy atom. The highest BCUT2D eigenvalue weighted by molar-refractivity contribution is 5.95. The molecule has 0 atom stereocenters. The average Bonchev–Trinajstić information content (AvgIpc) is 2.44. The van der Waals surface area contributed by atoms with Gasteiger partial charge in [-0.1, -0.05) is 30.3 Å². The zero-order valence-corrected chi connectivity index (χ0v) is 10.5. The van der Waals surface area contributed by atoms with Gasteiger partial charge in [0.25, 0.3) is 5.56 Å². The lowest BCUT2D eigenvalue weighted by atomic mass is 10.0. The van der Waals surface area contributed by atoms with Crippen molar-refractivity contribution >= 4 is 10.9 Å². The quantitative estimate of drug-likeness (QED) is 0.722. The molecule has 0 aliphatic rings. The van der Waals surface area contributed by atoms with Gasteiger partial charge in [0, 0.05) is 24.6 Å². The molecule has 3 nitrogen and oxygen atoms in total. The monoisotopic (exact) mass is 251 g/mol. The molecule has 1 aromatic heterocycles. The summed E-state index contributed by atoms with van der Waals surface area (Å²) in [5.41, 5.74) is 2.53. The van der Waals surface area contributed by atoms with Crippen molar-refractivity contribution in [2.24, 2.45) is 7.05 Å². The van der Waals surface area contributed by atoms with Gasteiger partial charge in [-0.25, -0.2) is 0 Å². The Labute approximate surface area is 110 Å². The zero-order chi connectivity index (χ0) is 13.4. The highest BCUT2D eigenvalue weighted by atomic mass is 16.3. The van der Waals surface area contributed by atoms with Crippen LogP contribution in [0.2, 0.25) is 0 Å². The van der Waals surface area contributed by atoms with Crippen LogP contribution in [0.1, 0.15) is 0 Å². The third-order valence-corrected chi connectivity index (χ3v) is 3.32. The molecule has 0 radical (unpaired) electrons. The Morgan fingerprint density at radius 1 is 1.00 bits per heavy atom. The average molecular weight is 251 g/mol. The lowest BCUT2D eigenvalue weighted by Crippen LogP contribution is -2.16. The van der Waals surface area contributed by atoms with Gasteiger partial charge >= 0.3 is 0 Å². The molecule has 0 aliphatic heterocycles. The number of pyridine rings is 1. The molecule has 1 heterocycles. The Hall–Kier alpha value is -2.55. The standard InChI is InChI=1S/C16H13NO2/c1-17-15-9-12(18)7-8-13(15)14(10-16(17)19)11-5-3-2-4-6-11/h2-10,18H,1H3. The molecule has 0 unspecified atom stereocenters. The van der Waals surface area contributed by atoms with E-state index in [1.54, 1.807) is 29.8 Å². The fourth-order valence-electron chi connectivity index (χ4n) is 2.30. The minimum atomic E-state index is -0.0862. The lowest BCUT2D eigenvalue weighted by Gasteiger charge is -2.10. The van der Waals surface area contributed by atoms with E-state index in [1.807, 2.05) is 36.4 Å². The number of benzene rings is 2. The van der Waals surface area contributed by atoms with E-state index in [2.05, 4.69) is 0 Å². The summed E-state index contributed by atoms with van der Waals surface area (Å²) >= 11 is 0. The van der Waals surface area contributed by atoms with Crippen LogP contribution in [0, 0.1) is 0 Å². The minimum Gasteiger partial charge on any atom is -0.508 e. The molecule has 2 aromatic carbocycles. The third-order valence-electron chi connectivity index (χ3n) is 3.32. The van der Waals surface area contributed by atoms with Crippen LogP contribution in [-0.2, 0) is 7.05 Å². The van der Waals surface area contributed by atoms with Gasteiger partial charge in [0.15, 0.2) is 0 Å². The van der Waals surface area contributed by atoms with E-state index in [0.717, 1.165) is 22.0 Å². The van der Waals surface area contributed by atoms with E-state index in [4.69, 9.17) is 0 Å². The number of phenolic OH excluding ortho intramolecular Hbond substituents is 1. The maximum absolute atomic E-state index is 12.0. The number of aromatic nitrogens is 1. The van der Waals surface area contributed by atoms with Crippen LogP contribution in [0.4, 0.5) is 0 Å². The molecule has 0 aliphatic carbocycles. The van der Waals surface area contributed by atoms with Gasteiger partial charge in [0.1, 0.15) is 5.75 Å². The minimum absolute atomic E-state index is 0.0862. The molecular weight excluding hydrogens is 238 g/mol. The number of phenols is 1. The first-order valence-corrected chi connectivity index (χ1v) is 6.05. The van der Waals surface area contributed by atoms with Crippen molar-refractivity contribution in [3.05, 3.63) is 65.0 Å². The molecular formula is C16H13NO2. The topological polar surface area (TPSA) is 42.2 Å². The molecule has 0 spiro atoms. The van der Waals surface area contributed by atoms with Crippen LogP contribution in [0.3, 0.4) is 0 Å². The Balaban J connectivity index is 2.44. The van der Waals surface area contributed by atoms with Crippen LogP contribution >= 0.6 is 0 Å². The maximum Gasteiger partial charge on any atom is 0.251 e. The van der Waals surface area contributed by atoms with Crippen molar-refractivity contribution in [1.82, 2.24) is 4.57 Å². The highest BCUT2D eigenvalue weighted by Gasteiger charge is 2.08. The van der Waals surface area contributed by atoms with Crippen molar-refractivity contribution in [2.75, 3.05) is 0 Å². The first-order chi connectivity index (χ1) is 9.16. The van der Waals surface area contributed by atoms with Gasteiger partial charge in [-0.2, -0.15) is 0 Å². The van der Waals surface area contributed by atoms with Gasteiger partial charge in [-0.3, -0.25) is 4.79 Å². The van der Waals surface area contributed by atoms with Crippen LogP contribution in [0.25, 0.3) is 22.0 Å². The van der Waals surface area contributed by atoms with Crippen molar-refractivity contribution in [3.8, 4) is 16.9 Å². The largest absolute Gasteiger partial charge is 0.508 e. The van der Waals surface area contributed by atoms with Crippen LogP contribution in [0.15, 0.2) is 59.4 Å². The van der Waals surface area contributed by atoms with Gasteiger partial charge in [0.05, 0.1) is 5.52 Å². The second-order valence-corrected chi connectivity index (χ2v) is 4.52. The molecule has 94 valence electrons. The van der Waals surface area contributed by atoms with Gasteiger partial charge in [0.2, 0.25) is 0 Å². The number of fused-ring (bicyclic) bond motifs is 1. The highest BCUT2D eigenvalue weighted by Crippen LogP contribution is 2.28. The predicted octanol–water partition coefficient (Wildman–Crippen LogP) is 2.91. The van der Waals surface area contributed by atoms with E-state index < -0.39 is 0 Å². The summed E-state index contributed by atoms with van der Waals surface area (Å²) in [4.78, 5) is 12.0. The zero-order valence-electron chi connectivity index (χ0n) is 10.5. The number of aryl methyl sites for hydroxylation is 1. The Morgan fingerprint density at radius 3 is 2.47 bits per heavy atom. The normalized spacial score (nSPS) is 10.8. The summed E-state index contributed by atoms with van der Waals surface area (Å²) in [5.74, 6) is 0.160. The maximum atomic E-state index is 12.0. The van der Waals surface area contributed by atoms with E-state index in [-0.39, 0.29) is 11.3 Å². The van der Waals surface area contributed by atoms with Crippen LogP contribution in [0.5, 0.6) is 5.75 Å². The second-order valence-electron chi connectivity index (χ2n) is 4.52. The Bertz CT molecular complexity index is 804. The first kappa shape index (κ1) is 11.5. The fourth-order valence-corrected chi connectivity index (χ4v) is 2.30. The number of rotatable bonds is 1. The summed E-state index contributed by atoms with van der Waals surface area (Å²) < 4.78 is 1.54. The van der Waals surface area contributed by atoms with Gasteiger partial charge in [-0.05, 0) is 23.3 Å². The molecule has 0 bridgehead atoms. The summed E-state index contributed by atoms with van der Waals surface area (Å²) in [7, 11) is 1.71. The third kappa shape index (κ3) is 1.89. The molecule has 3 rings (SSSR count). The van der Waals surface area contributed by atoms with E-state index in [1.165, 1.54) is 0 Å². The molecule has 3 heteroatoms. The summed E-state index contributed by atoms with van der Waals surface area (Å²) in [6, 6.07) is 16.5. The number of nitrogens with zero attached hydrogens (tertiary/aromatic N) is 1. The van der Waals surface area contributed by atoms with Crippen molar-refractivity contribution in [1.29, 1.82) is 0 Å². The van der Waals surface area contributed by atoms with Crippen LogP contribution in [-0.4, -0.2) is 9.67 Å². The lowest BCUT2D eigenvalue weighted by molar-refractivity contribution is 0.476. The summed E-state index contributed by atoms with van der Waals surface area (Å²) in [5, 5.41) is 10.5. The summed E-state index contributed by atoms with van der Waals surface area (Å²) in [6.45, 7) is 0. The Kier molecular flexibility index (Phi) is 2.60. The molecule has 0 fully saturated rings. The van der Waals surface area contributed by atoms with E-state index >= 15 is 0 Å². The SMILES string of the molecule is Cn1c(=O)cc(-c2ccccc2)c2ccc(O)cc21. The fraction of sp³-hybridized carbons (Fsp3) is 0.0625. The predicted molar refractivity (Wildman–Crippen MR) is 76.3 cm³/mol. The summed E-state index contributed by atoms with van der Waals surface area (Å²) in [6.07, 6.45) is 0. The smallest absolute Gasteiger partial charge is 0.251 e. The molecule has 0 saturated carbocycles. The van der Waals surface area contributed by atoms with Gasteiger partial charge < -0.3 is 9.67 Å². The van der Waals surface area contributed by atoms with E-state index in [0.29, 0.717) is 0 Å². The first-order valence-electron chi connectivity index (χ1n) is 6.05. The molecule has 0 saturated heterocycles. The molecule has 0 amide bonds.